The van der Waals surface area contributed by atoms with Gasteiger partial charge in [-0.3, -0.25) is 9.59 Å². The fourth-order valence-corrected chi connectivity index (χ4v) is 1.63. The van der Waals surface area contributed by atoms with Crippen molar-refractivity contribution in [2.45, 2.75) is 26.8 Å². The van der Waals surface area contributed by atoms with Crippen LogP contribution in [0.3, 0.4) is 0 Å². The van der Waals surface area contributed by atoms with Crippen molar-refractivity contribution in [3.8, 4) is 5.75 Å². The van der Waals surface area contributed by atoms with Gasteiger partial charge in [0.2, 0.25) is 0 Å². The first-order valence-electron chi connectivity index (χ1n) is 6.50. The highest BCUT2D eigenvalue weighted by Gasteiger charge is 2.13. The molecule has 1 aromatic carbocycles. The Kier molecular flexibility index (Phi) is 6.68. The Balaban J connectivity index is 2.70. The molecule has 0 radical (unpaired) electrons. The number of hydrazone groups is 1. The highest BCUT2D eigenvalue weighted by Crippen LogP contribution is 2.21. The van der Waals surface area contributed by atoms with E-state index in [2.05, 4.69) is 15.8 Å². The maximum Gasteiger partial charge on any atom is 0.329 e. The number of hydrogen-bond donors (Lipinski definition) is 2. The first-order valence-corrected chi connectivity index (χ1v) is 6.88. The van der Waals surface area contributed by atoms with Gasteiger partial charge < -0.3 is 10.1 Å². The van der Waals surface area contributed by atoms with E-state index in [0.29, 0.717) is 22.9 Å². The van der Waals surface area contributed by atoms with Gasteiger partial charge in [0.15, 0.2) is 0 Å². The van der Waals surface area contributed by atoms with Gasteiger partial charge in [0.1, 0.15) is 5.75 Å². The van der Waals surface area contributed by atoms with E-state index in [1.807, 2.05) is 6.92 Å². The number of benzene rings is 1. The van der Waals surface area contributed by atoms with Crippen molar-refractivity contribution >= 4 is 29.6 Å². The van der Waals surface area contributed by atoms with Gasteiger partial charge in [-0.1, -0.05) is 11.6 Å². The molecule has 2 N–H and O–H groups in total. The minimum Gasteiger partial charge on any atom is -0.493 e. The number of carbonyl (C=O) groups excluding carboxylic acids is 2. The monoisotopic (exact) mass is 311 g/mol. The van der Waals surface area contributed by atoms with Crippen molar-refractivity contribution in [1.82, 2.24) is 10.7 Å². The van der Waals surface area contributed by atoms with Crippen molar-refractivity contribution in [3.05, 3.63) is 28.8 Å². The molecule has 0 saturated carbocycles. The number of ether oxygens (including phenoxy) is 1. The zero-order chi connectivity index (χ0) is 15.8. The largest absolute Gasteiger partial charge is 0.493 e. The molecule has 0 spiro atoms. The van der Waals surface area contributed by atoms with Gasteiger partial charge in [0, 0.05) is 16.6 Å². The van der Waals surface area contributed by atoms with E-state index in [9.17, 15) is 9.59 Å². The van der Waals surface area contributed by atoms with Crippen molar-refractivity contribution in [2.24, 2.45) is 5.10 Å². The van der Waals surface area contributed by atoms with E-state index >= 15 is 0 Å². The summed E-state index contributed by atoms with van der Waals surface area (Å²) >= 11 is 5.90. The molecule has 2 amide bonds. The van der Waals surface area contributed by atoms with Crippen LogP contribution in [0, 0.1) is 0 Å². The number of halogens is 1. The Morgan fingerprint density at radius 3 is 2.71 bits per heavy atom. The Hall–Kier alpha value is -2.08. The van der Waals surface area contributed by atoms with Crippen LogP contribution in [-0.2, 0) is 9.59 Å². The minimum absolute atomic E-state index is 0.121. The maximum atomic E-state index is 11.5. The maximum absolute atomic E-state index is 11.5. The molecule has 6 nitrogen and oxygen atoms in total. The van der Waals surface area contributed by atoms with E-state index in [1.165, 1.54) is 6.21 Å². The normalized spacial score (nSPS) is 10.7. The predicted octanol–water partition coefficient (Wildman–Crippen LogP) is 1.71. The van der Waals surface area contributed by atoms with Crippen molar-refractivity contribution in [2.75, 3.05) is 6.61 Å². The van der Waals surface area contributed by atoms with Crippen molar-refractivity contribution < 1.29 is 14.3 Å². The molecule has 0 atom stereocenters. The molecule has 0 heterocycles. The molecule has 0 fully saturated rings. The Morgan fingerprint density at radius 2 is 2.10 bits per heavy atom. The second-order valence-corrected chi connectivity index (χ2v) is 4.88. The Morgan fingerprint density at radius 1 is 1.38 bits per heavy atom. The quantitative estimate of drug-likeness (QED) is 0.493. The van der Waals surface area contributed by atoms with Crippen LogP contribution < -0.4 is 15.5 Å². The smallest absolute Gasteiger partial charge is 0.329 e. The molecular formula is C14H18ClN3O3. The van der Waals surface area contributed by atoms with Crippen LogP contribution in [0.25, 0.3) is 0 Å². The zero-order valence-electron chi connectivity index (χ0n) is 12.1. The molecular weight excluding hydrogens is 294 g/mol. The standard InChI is InChI=1S/C14H18ClN3O3/c1-4-21-12-6-5-11(15)7-10(12)8-16-18-14(20)13(19)17-9(2)3/h5-9H,4H2,1-3H3,(H,17,19)(H,18,20)/b16-8-. The fraction of sp³-hybridized carbons (Fsp3) is 0.357. The van der Waals surface area contributed by atoms with Gasteiger partial charge in [-0.05, 0) is 39.0 Å². The average molecular weight is 312 g/mol. The minimum atomic E-state index is -0.833. The van der Waals surface area contributed by atoms with Crippen LogP contribution in [0.5, 0.6) is 5.75 Å². The topological polar surface area (TPSA) is 79.8 Å². The summed E-state index contributed by atoms with van der Waals surface area (Å²) in [6.45, 7) is 5.86. The summed E-state index contributed by atoms with van der Waals surface area (Å²) < 4.78 is 5.41. The summed E-state index contributed by atoms with van der Waals surface area (Å²) in [7, 11) is 0. The molecule has 0 aliphatic carbocycles. The van der Waals surface area contributed by atoms with Crippen LogP contribution in [0.4, 0.5) is 0 Å². The first kappa shape index (κ1) is 17.0. The van der Waals surface area contributed by atoms with E-state index < -0.39 is 11.8 Å². The van der Waals surface area contributed by atoms with Crippen molar-refractivity contribution in [1.29, 1.82) is 0 Å². The summed E-state index contributed by atoms with van der Waals surface area (Å²) in [5.74, 6) is -0.982. The molecule has 0 saturated heterocycles. The molecule has 7 heteroatoms. The number of rotatable bonds is 5. The molecule has 0 aliphatic heterocycles. The number of carbonyl (C=O) groups is 2. The zero-order valence-corrected chi connectivity index (χ0v) is 12.9. The summed E-state index contributed by atoms with van der Waals surface area (Å²) in [5.41, 5.74) is 2.75. The summed E-state index contributed by atoms with van der Waals surface area (Å²) in [6, 6.07) is 4.93. The Bertz CT molecular complexity index is 544. The second kappa shape index (κ2) is 8.26. The summed E-state index contributed by atoms with van der Waals surface area (Å²) in [5, 5.41) is 6.71. The molecule has 21 heavy (non-hydrogen) atoms. The lowest BCUT2D eigenvalue weighted by atomic mass is 10.2. The lowest BCUT2D eigenvalue weighted by Crippen LogP contribution is -2.41. The Labute approximate surface area is 128 Å². The first-order chi connectivity index (χ1) is 9.93. The highest BCUT2D eigenvalue weighted by atomic mass is 35.5. The highest BCUT2D eigenvalue weighted by molar-refractivity contribution is 6.35. The molecule has 0 bridgehead atoms. The number of amides is 2. The van der Waals surface area contributed by atoms with Gasteiger partial charge in [0.05, 0.1) is 12.8 Å². The van der Waals surface area contributed by atoms with Crippen LogP contribution in [0.1, 0.15) is 26.3 Å². The van der Waals surface area contributed by atoms with E-state index in [1.54, 1.807) is 32.0 Å². The number of hydrogen-bond acceptors (Lipinski definition) is 4. The number of nitrogens with one attached hydrogen (secondary N) is 2. The summed E-state index contributed by atoms with van der Waals surface area (Å²) in [6.07, 6.45) is 1.37. The third kappa shape index (κ3) is 5.83. The van der Waals surface area contributed by atoms with E-state index in [4.69, 9.17) is 16.3 Å². The van der Waals surface area contributed by atoms with E-state index in [-0.39, 0.29) is 6.04 Å². The third-order valence-electron chi connectivity index (χ3n) is 2.27. The molecule has 0 aromatic heterocycles. The second-order valence-electron chi connectivity index (χ2n) is 4.44. The van der Waals surface area contributed by atoms with Gasteiger partial charge in [-0.15, -0.1) is 0 Å². The molecule has 1 rings (SSSR count). The van der Waals surface area contributed by atoms with Crippen LogP contribution >= 0.6 is 11.6 Å². The lowest BCUT2D eigenvalue weighted by Gasteiger charge is -2.07. The SMILES string of the molecule is CCOc1ccc(Cl)cc1/C=N\NC(=O)C(=O)NC(C)C. The number of nitrogens with zero attached hydrogens (tertiary/aromatic N) is 1. The molecule has 0 aliphatic rings. The van der Waals surface area contributed by atoms with Gasteiger partial charge in [0.25, 0.3) is 0 Å². The predicted molar refractivity (Wildman–Crippen MR) is 81.6 cm³/mol. The molecule has 114 valence electrons. The third-order valence-corrected chi connectivity index (χ3v) is 2.50. The fourth-order valence-electron chi connectivity index (χ4n) is 1.45. The van der Waals surface area contributed by atoms with Gasteiger partial charge in [-0.2, -0.15) is 5.10 Å². The average Bonchev–Trinajstić information content (AvgIpc) is 2.41. The van der Waals surface area contributed by atoms with Gasteiger partial charge >= 0.3 is 11.8 Å². The lowest BCUT2D eigenvalue weighted by molar-refractivity contribution is -0.139. The van der Waals surface area contributed by atoms with Crippen LogP contribution in [0.15, 0.2) is 23.3 Å². The summed E-state index contributed by atoms with van der Waals surface area (Å²) in [4.78, 5) is 22.8. The van der Waals surface area contributed by atoms with Crippen LogP contribution in [0.2, 0.25) is 5.02 Å². The van der Waals surface area contributed by atoms with Crippen LogP contribution in [-0.4, -0.2) is 30.7 Å². The van der Waals surface area contributed by atoms with Gasteiger partial charge in [-0.25, -0.2) is 5.43 Å². The van der Waals surface area contributed by atoms with Crippen molar-refractivity contribution in [3.63, 3.8) is 0 Å². The molecule has 1 aromatic rings. The molecule has 0 unspecified atom stereocenters. The van der Waals surface area contributed by atoms with E-state index in [0.717, 1.165) is 0 Å².